The number of hydrogen-bond acceptors (Lipinski definition) is 6. The minimum Gasteiger partial charge on any atom is -0.457 e. The van der Waals surface area contributed by atoms with E-state index in [1.54, 1.807) is 24.4 Å². The van der Waals surface area contributed by atoms with Crippen molar-refractivity contribution < 1.29 is 9.53 Å². The number of hydrogen-bond donors (Lipinski definition) is 3. The zero-order valence-electron chi connectivity index (χ0n) is 19.3. The number of nitrogens with one attached hydrogen (secondary N) is 3. The second-order valence-electron chi connectivity index (χ2n) is 7.86. The molecule has 5 aromatic rings. The number of ether oxygens (including phenoxy) is 1. The number of rotatable bonds is 8. The van der Waals surface area contributed by atoms with Gasteiger partial charge in [-0.05, 0) is 72.8 Å². The molecule has 3 N–H and O–H groups in total. The minimum absolute atomic E-state index is 0.194. The monoisotopic (exact) mass is 473 g/mol. The molecule has 0 spiro atoms. The Morgan fingerprint density at radius 3 is 2.11 bits per heavy atom. The van der Waals surface area contributed by atoms with E-state index in [0.717, 1.165) is 22.9 Å². The third-order valence-electron chi connectivity index (χ3n) is 5.17. The lowest BCUT2D eigenvalue weighted by Gasteiger charge is -2.11. The molecule has 0 radical (unpaired) electrons. The van der Waals surface area contributed by atoms with E-state index in [9.17, 15) is 4.79 Å². The zero-order valence-corrected chi connectivity index (χ0v) is 19.3. The standard InChI is InChI=1S/C29H23N5O2/c35-28(32-22-9-3-1-4-10-22)21-8-7-11-24(20-21)33-29-30-19-18-27(34-29)31-23-14-16-26(17-15-23)36-25-12-5-2-6-13-25/h1-20H,(H,32,35)(H2,30,31,33,34). The van der Waals surface area contributed by atoms with Gasteiger partial charge in [-0.1, -0.05) is 42.5 Å². The smallest absolute Gasteiger partial charge is 0.255 e. The topological polar surface area (TPSA) is 88.2 Å². The van der Waals surface area contributed by atoms with Crippen molar-refractivity contribution in [2.45, 2.75) is 0 Å². The summed E-state index contributed by atoms with van der Waals surface area (Å²) in [5.41, 5.74) is 2.83. The van der Waals surface area contributed by atoms with E-state index >= 15 is 0 Å². The van der Waals surface area contributed by atoms with Gasteiger partial charge in [-0.15, -0.1) is 0 Å². The van der Waals surface area contributed by atoms with Crippen LogP contribution in [-0.2, 0) is 0 Å². The molecule has 0 aliphatic carbocycles. The van der Waals surface area contributed by atoms with E-state index < -0.39 is 0 Å². The molecule has 1 aromatic heterocycles. The van der Waals surface area contributed by atoms with Crippen LogP contribution >= 0.6 is 0 Å². The van der Waals surface area contributed by atoms with Crippen molar-refractivity contribution in [1.29, 1.82) is 0 Å². The summed E-state index contributed by atoms with van der Waals surface area (Å²) in [5, 5.41) is 9.32. The van der Waals surface area contributed by atoms with Crippen LogP contribution in [0.3, 0.4) is 0 Å². The second-order valence-corrected chi connectivity index (χ2v) is 7.86. The van der Waals surface area contributed by atoms with Gasteiger partial charge in [0.15, 0.2) is 0 Å². The summed E-state index contributed by atoms with van der Waals surface area (Å²) in [6, 6.07) is 35.5. The molecule has 0 saturated carbocycles. The SMILES string of the molecule is O=C(Nc1ccccc1)c1cccc(Nc2nccc(Nc3ccc(Oc4ccccc4)cc3)n2)c1. The molecule has 5 rings (SSSR count). The van der Waals surface area contributed by atoms with E-state index in [2.05, 4.69) is 25.9 Å². The first-order valence-electron chi connectivity index (χ1n) is 11.4. The van der Waals surface area contributed by atoms with Gasteiger partial charge in [0.1, 0.15) is 17.3 Å². The molecule has 176 valence electrons. The van der Waals surface area contributed by atoms with Crippen LogP contribution in [0.2, 0.25) is 0 Å². The minimum atomic E-state index is -0.194. The first kappa shape index (κ1) is 22.6. The molecular formula is C29H23N5O2. The fraction of sp³-hybridized carbons (Fsp3) is 0. The molecule has 1 amide bonds. The Morgan fingerprint density at radius 2 is 1.33 bits per heavy atom. The summed E-state index contributed by atoms with van der Waals surface area (Å²) in [5.74, 6) is 2.37. The maximum atomic E-state index is 12.6. The van der Waals surface area contributed by atoms with Crippen LogP contribution in [0.15, 0.2) is 121 Å². The normalized spacial score (nSPS) is 10.3. The number of amides is 1. The van der Waals surface area contributed by atoms with Gasteiger partial charge in [-0.3, -0.25) is 4.79 Å². The maximum absolute atomic E-state index is 12.6. The Kier molecular flexibility index (Phi) is 6.81. The number of para-hydroxylation sites is 2. The molecule has 7 nitrogen and oxygen atoms in total. The largest absolute Gasteiger partial charge is 0.457 e. The average Bonchev–Trinajstić information content (AvgIpc) is 2.91. The third kappa shape index (κ3) is 6.03. The summed E-state index contributed by atoms with van der Waals surface area (Å²) in [4.78, 5) is 21.4. The van der Waals surface area contributed by atoms with Gasteiger partial charge in [-0.2, -0.15) is 4.98 Å². The van der Waals surface area contributed by atoms with Gasteiger partial charge in [0.25, 0.3) is 5.91 Å². The molecule has 0 aliphatic rings. The molecule has 0 fully saturated rings. The van der Waals surface area contributed by atoms with Gasteiger partial charge in [0.05, 0.1) is 0 Å². The van der Waals surface area contributed by atoms with Crippen LogP contribution in [0.25, 0.3) is 0 Å². The predicted molar refractivity (Wildman–Crippen MR) is 142 cm³/mol. The first-order valence-corrected chi connectivity index (χ1v) is 11.4. The van der Waals surface area contributed by atoms with Crippen molar-refractivity contribution in [3.8, 4) is 11.5 Å². The number of aromatic nitrogens is 2. The van der Waals surface area contributed by atoms with Crippen molar-refractivity contribution in [3.63, 3.8) is 0 Å². The molecule has 0 atom stereocenters. The zero-order chi connectivity index (χ0) is 24.6. The van der Waals surface area contributed by atoms with Gasteiger partial charge in [0.2, 0.25) is 5.95 Å². The highest BCUT2D eigenvalue weighted by molar-refractivity contribution is 6.04. The highest BCUT2D eigenvalue weighted by Crippen LogP contribution is 2.24. The van der Waals surface area contributed by atoms with Crippen molar-refractivity contribution in [2.24, 2.45) is 0 Å². The molecule has 0 aliphatic heterocycles. The van der Waals surface area contributed by atoms with E-state index in [-0.39, 0.29) is 5.91 Å². The van der Waals surface area contributed by atoms with Crippen LogP contribution in [0.5, 0.6) is 11.5 Å². The van der Waals surface area contributed by atoms with E-state index in [1.807, 2.05) is 97.1 Å². The van der Waals surface area contributed by atoms with Crippen LogP contribution in [0.1, 0.15) is 10.4 Å². The lowest BCUT2D eigenvalue weighted by molar-refractivity contribution is 0.102. The molecule has 36 heavy (non-hydrogen) atoms. The molecule has 0 unspecified atom stereocenters. The quantitative estimate of drug-likeness (QED) is 0.225. The third-order valence-corrected chi connectivity index (χ3v) is 5.17. The number of benzene rings is 4. The molecular weight excluding hydrogens is 450 g/mol. The van der Waals surface area contributed by atoms with Crippen molar-refractivity contribution in [3.05, 3.63) is 127 Å². The lowest BCUT2D eigenvalue weighted by Crippen LogP contribution is -2.12. The summed E-state index contributed by atoms with van der Waals surface area (Å²) in [6.07, 6.45) is 1.66. The maximum Gasteiger partial charge on any atom is 0.255 e. The Morgan fingerprint density at radius 1 is 0.639 bits per heavy atom. The Bertz CT molecular complexity index is 1440. The fourth-order valence-corrected chi connectivity index (χ4v) is 3.46. The number of carbonyl (C=O) groups excluding carboxylic acids is 1. The van der Waals surface area contributed by atoms with Crippen molar-refractivity contribution in [2.75, 3.05) is 16.0 Å². The number of nitrogens with zero attached hydrogens (tertiary/aromatic N) is 2. The molecule has 7 heteroatoms. The van der Waals surface area contributed by atoms with Crippen molar-refractivity contribution >= 4 is 34.7 Å². The summed E-state index contributed by atoms with van der Waals surface area (Å²) in [7, 11) is 0. The number of anilines is 5. The number of carbonyl (C=O) groups is 1. The molecule has 1 heterocycles. The fourth-order valence-electron chi connectivity index (χ4n) is 3.46. The lowest BCUT2D eigenvalue weighted by atomic mass is 10.2. The van der Waals surface area contributed by atoms with Gasteiger partial charge >= 0.3 is 0 Å². The highest BCUT2D eigenvalue weighted by atomic mass is 16.5. The summed E-state index contributed by atoms with van der Waals surface area (Å²) < 4.78 is 5.84. The van der Waals surface area contributed by atoms with Gasteiger partial charge in [-0.25, -0.2) is 4.98 Å². The summed E-state index contributed by atoms with van der Waals surface area (Å²) >= 11 is 0. The Labute approximate surface area is 208 Å². The van der Waals surface area contributed by atoms with Crippen LogP contribution in [0, 0.1) is 0 Å². The van der Waals surface area contributed by atoms with Gasteiger partial charge in [0, 0.05) is 28.8 Å². The van der Waals surface area contributed by atoms with E-state index in [0.29, 0.717) is 23.0 Å². The highest BCUT2D eigenvalue weighted by Gasteiger charge is 2.08. The second kappa shape index (κ2) is 10.8. The molecule has 0 bridgehead atoms. The van der Waals surface area contributed by atoms with E-state index in [1.165, 1.54) is 0 Å². The molecule has 4 aromatic carbocycles. The van der Waals surface area contributed by atoms with E-state index in [4.69, 9.17) is 4.74 Å². The molecule has 0 saturated heterocycles. The summed E-state index contributed by atoms with van der Waals surface area (Å²) in [6.45, 7) is 0. The van der Waals surface area contributed by atoms with Crippen LogP contribution in [-0.4, -0.2) is 15.9 Å². The van der Waals surface area contributed by atoms with Gasteiger partial charge < -0.3 is 20.7 Å². The Balaban J connectivity index is 1.23. The van der Waals surface area contributed by atoms with Crippen LogP contribution < -0.4 is 20.7 Å². The first-order chi connectivity index (χ1) is 17.7. The Hall–Kier alpha value is -5.17. The average molecular weight is 474 g/mol. The van der Waals surface area contributed by atoms with Crippen LogP contribution in [0.4, 0.5) is 28.8 Å². The van der Waals surface area contributed by atoms with Crippen molar-refractivity contribution in [1.82, 2.24) is 9.97 Å². The predicted octanol–water partition coefficient (Wildman–Crippen LogP) is 7.01.